The van der Waals surface area contributed by atoms with Gasteiger partial charge in [-0.1, -0.05) is 35.9 Å². The van der Waals surface area contributed by atoms with E-state index in [1.807, 2.05) is 32.0 Å². The lowest BCUT2D eigenvalue weighted by Gasteiger charge is -2.18. The summed E-state index contributed by atoms with van der Waals surface area (Å²) in [6.07, 6.45) is 0. The number of hydrogen-bond donors (Lipinski definition) is 1. The number of nitrogens with one attached hydrogen (secondary N) is 1. The van der Waals surface area contributed by atoms with Crippen molar-refractivity contribution in [3.63, 3.8) is 0 Å². The van der Waals surface area contributed by atoms with Crippen LogP contribution in [0.5, 0.6) is 5.75 Å². The Labute approximate surface area is 151 Å². The number of methoxy groups -OCH3 is 1. The first-order valence-electron chi connectivity index (χ1n) is 8.34. The van der Waals surface area contributed by atoms with E-state index in [-0.39, 0.29) is 23.2 Å². The number of amides is 1. The molecule has 26 heavy (non-hydrogen) atoms. The number of hydrogen-bond acceptors (Lipinski definition) is 4. The van der Waals surface area contributed by atoms with Crippen molar-refractivity contribution < 1.29 is 9.53 Å². The van der Waals surface area contributed by atoms with Crippen molar-refractivity contribution >= 4 is 16.7 Å². The van der Waals surface area contributed by atoms with E-state index in [2.05, 4.69) is 10.4 Å². The predicted molar refractivity (Wildman–Crippen MR) is 101 cm³/mol. The highest BCUT2D eigenvalue weighted by Gasteiger charge is 2.19. The maximum atomic E-state index is 12.9. The Morgan fingerprint density at radius 3 is 2.58 bits per heavy atom. The van der Waals surface area contributed by atoms with E-state index < -0.39 is 0 Å². The number of fused-ring (bicyclic) bond motifs is 1. The molecular weight excluding hydrogens is 330 g/mol. The largest absolute Gasteiger partial charge is 0.496 e. The molecule has 134 valence electrons. The number of benzene rings is 2. The molecule has 1 atom stereocenters. The second-order valence-electron chi connectivity index (χ2n) is 6.26. The molecule has 0 radical (unpaired) electrons. The van der Waals surface area contributed by atoms with E-state index in [0.717, 1.165) is 11.1 Å². The lowest BCUT2D eigenvalue weighted by Crippen LogP contribution is -2.31. The van der Waals surface area contributed by atoms with Crippen molar-refractivity contribution in [3.8, 4) is 5.75 Å². The van der Waals surface area contributed by atoms with Crippen molar-refractivity contribution in [2.45, 2.75) is 19.9 Å². The van der Waals surface area contributed by atoms with Crippen LogP contribution < -0.4 is 15.6 Å². The molecule has 0 saturated carbocycles. The van der Waals surface area contributed by atoms with Crippen LogP contribution in [0.25, 0.3) is 10.8 Å². The van der Waals surface area contributed by atoms with Gasteiger partial charge in [0.1, 0.15) is 5.75 Å². The Balaban J connectivity index is 1.99. The highest BCUT2D eigenvalue weighted by molar-refractivity contribution is 6.04. The van der Waals surface area contributed by atoms with Crippen LogP contribution in [0.2, 0.25) is 0 Å². The quantitative estimate of drug-likeness (QED) is 0.784. The van der Waals surface area contributed by atoms with Crippen LogP contribution in [0.1, 0.15) is 34.6 Å². The molecule has 6 nitrogen and oxygen atoms in total. The third kappa shape index (κ3) is 3.18. The zero-order chi connectivity index (χ0) is 18.8. The third-order valence-electron chi connectivity index (χ3n) is 4.37. The fraction of sp³-hybridized carbons (Fsp3) is 0.250. The molecule has 6 heteroatoms. The first kappa shape index (κ1) is 17.7. The van der Waals surface area contributed by atoms with Crippen LogP contribution in [0.4, 0.5) is 0 Å². The average molecular weight is 351 g/mol. The van der Waals surface area contributed by atoms with Gasteiger partial charge >= 0.3 is 0 Å². The minimum atomic E-state index is -0.340. The average Bonchev–Trinajstić information content (AvgIpc) is 2.64. The second-order valence-corrected chi connectivity index (χ2v) is 6.26. The number of aromatic nitrogens is 2. The summed E-state index contributed by atoms with van der Waals surface area (Å²) in [5.74, 6) is 0.370. The minimum absolute atomic E-state index is 0.223. The van der Waals surface area contributed by atoms with Gasteiger partial charge in [0.15, 0.2) is 5.69 Å². The van der Waals surface area contributed by atoms with Gasteiger partial charge in [0.25, 0.3) is 11.5 Å². The van der Waals surface area contributed by atoms with Crippen molar-refractivity contribution in [2.75, 3.05) is 7.11 Å². The number of aryl methyl sites for hydroxylation is 2. The van der Waals surface area contributed by atoms with Crippen LogP contribution >= 0.6 is 0 Å². The molecule has 1 amide bonds. The molecule has 1 aromatic heterocycles. The van der Waals surface area contributed by atoms with Crippen LogP contribution in [0.3, 0.4) is 0 Å². The lowest BCUT2D eigenvalue weighted by atomic mass is 10.0. The van der Waals surface area contributed by atoms with Gasteiger partial charge < -0.3 is 10.1 Å². The van der Waals surface area contributed by atoms with E-state index in [1.54, 1.807) is 38.4 Å². The van der Waals surface area contributed by atoms with E-state index in [0.29, 0.717) is 16.5 Å². The summed E-state index contributed by atoms with van der Waals surface area (Å²) >= 11 is 0. The van der Waals surface area contributed by atoms with Gasteiger partial charge in [0, 0.05) is 18.0 Å². The summed E-state index contributed by atoms with van der Waals surface area (Å²) in [5.41, 5.74) is 1.95. The summed E-state index contributed by atoms with van der Waals surface area (Å²) < 4.78 is 6.59. The highest BCUT2D eigenvalue weighted by Crippen LogP contribution is 2.26. The third-order valence-corrected chi connectivity index (χ3v) is 4.37. The Bertz CT molecular complexity index is 1040. The Morgan fingerprint density at radius 1 is 1.19 bits per heavy atom. The van der Waals surface area contributed by atoms with E-state index in [4.69, 9.17) is 4.74 Å². The smallest absolute Gasteiger partial charge is 0.274 e. The van der Waals surface area contributed by atoms with Crippen molar-refractivity contribution in [2.24, 2.45) is 7.05 Å². The summed E-state index contributed by atoms with van der Waals surface area (Å²) in [6.45, 7) is 3.87. The van der Waals surface area contributed by atoms with Crippen molar-refractivity contribution in [1.29, 1.82) is 0 Å². The molecule has 1 heterocycles. The van der Waals surface area contributed by atoms with Gasteiger partial charge in [-0.15, -0.1) is 0 Å². The normalized spacial score (nSPS) is 12.0. The van der Waals surface area contributed by atoms with Crippen LogP contribution in [-0.2, 0) is 7.05 Å². The summed E-state index contributed by atoms with van der Waals surface area (Å²) in [4.78, 5) is 25.1. The second kappa shape index (κ2) is 7.00. The van der Waals surface area contributed by atoms with Gasteiger partial charge in [0.05, 0.1) is 18.5 Å². The number of ether oxygens (including phenoxy) is 1. The standard InChI is InChI=1S/C20H21N3O3/c1-12-9-10-17(26-4)16(11-12)13(2)21-19(24)18-14-7-5-6-8-15(14)20(25)23(3)22-18/h5-11,13H,1-4H3,(H,21,24)/t13-/m0/s1. The predicted octanol–water partition coefficient (Wildman–Crippen LogP) is 2.74. The van der Waals surface area contributed by atoms with E-state index in [1.165, 1.54) is 4.68 Å². The topological polar surface area (TPSA) is 73.2 Å². The first-order valence-corrected chi connectivity index (χ1v) is 8.34. The summed E-state index contributed by atoms with van der Waals surface area (Å²) in [5, 5.41) is 8.13. The molecule has 2 aromatic carbocycles. The maximum absolute atomic E-state index is 12.9. The Morgan fingerprint density at radius 2 is 1.88 bits per heavy atom. The Kier molecular flexibility index (Phi) is 4.75. The van der Waals surface area contributed by atoms with Crippen molar-refractivity contribution in [3.05, 3.63) is 69.6 Å². The van der Waals surface area contributed by atoms with Crippen LogP contribution in [0, 0.1) is 6.92 Å². The molecule has 3 aromatic rings. The monoisotopic (exact) mass is 351 g/mol. The first-order chi connectivity index (χ1) is 12.4. The highest BCUT2D eigenvalue weighted by atomic mass is 16.5. The number of carbonyl (C=O) groups excluding carboxylic acids is 1. The van der Waals surface area contributed by atoms with E-state index in [9.17, 15) is 9.59 Å². The zero-order valence-electron chi connectivity index (χ0n) is 15.2. The van der Waals surface area contributed by atoms with Gasteiger partial charge in [0.2, 0.25) is 0 Å². The molecular formula is C20H21N3O3. The maximum Gasteiger partial charge on any atom is 0.274 e. The van der Waals surface area contributed by atoms with Crippen LogP contribution in [-0.4, -0.2) is 22.8 Å². The zero-order valence-corrected chi connectivity index (χ0v) is 15.2. The molecule has 0 aliphatic carbocycles. The fourth-order valence-corrected chi connectivity index (χ4v) is 3.00. The molecule has 0 unspecified atom stereocenters. The fourth-order valence-electron chi connectivity index (χ4n) is 3.00. The molecule has 0 aliphatic heterocycles. The molecule has 0 saturated heterocycles. The minimum Gasteiger partial charge on any atom is -0.496 e. The van der Waals surface area contributed by atoms with Crippen molar-refractivity contribution in [1.82, 2.24) is 15.1 Å². The number of nitrogens with zero attached hydrogens (tertiary/aromatic N) is 2. The van der Waals surface area contributed by atoms with Crippen LogP contribution in [0.15, 0.2) is 47.3 Å². The molecule has 1 N–H and O–H groups in total. The molecule has 0 fully saturated rings. The number of rotatable bonds is 4. The van der Waals surface area contributed by atoms with Gasteiger partial charge in [-0.3, -0.25) is 9.59 Å². The van der Waals surface area contributed by atoms with Gasteiger partial charge in [-0.05, 0) is 26.0 Å². The van der Waals surface area contributed by atoms with Gasteiger partial charge in [-0.2, -0.15) is 5.10 Å². The molecule has 3 rings (SSSR count). The Hall–Kier alpha value is -3.15. The lowest BCUT2D eigenvalue weighted by molar-refractivity contribution is 0.0934. The van der Waals surface area contributed by atoms with Gasteiger partial charge in [-0.25, -0.2) is 4.68 Å². The number of carbonyl (C=O) groups is 1. The molecule has 0 bridgehead atoms. The summed E-state index contributed by atoms with van der Waals surface area (Å²) in [7, 11) is 3.14. The van der Waals surface area contributed by atoms with E-state index >= 15 is 0 Å². The molecule has 0 spiro atoms. The SMILES string of the molecule is COc1ccc(C)cc1[C@H](C)NC(=O)c1nn(C)c(=O)c2ccccc12. The molecule has 0 aliphatic rings. The summed E-state index contributed by atoms with van der Waals surface area (Å²) in [6, 6.07) is 12.5.